The number of likely N-dealkylation sites (tertiary alicyclic amines) is 1. The van der Waals surface area contributed by atoms with Crippen LogP contribution in [0.5, 0.6) is 5.75 Å². The second-order valence-corrected chi connectivity index (χ2v) is 6.09. The number of nitriles is 1. The lowest BCUT2D eigenvalue weighted by Crippen LogP contribution is -2.36. The molecule has 0 bridgehead atoms. The molecule has 1 unspecified atom stereocenters. The van der Waals surface area contributed by atoms with Crippen LogP contribution in [0.25, 0.3) is 0 Å². The lowest BCUT2D eigenvalue weighted by molar-refractivity contribution is 0.0275. The van der Waals surface area contributed by atoms with Crippen LogP contribution in [0.3, 0.4) is 0 Å². The van der Waals surface area contributed by atoms with Gasteiger partial charge >= 0.3 is 6.09 Å². The summed E-state index contributed by atoms with van der Waals surface area (Å²) in [7, 11) is 0. The largest absolute Gasteiger partial charge is 0.489 e. The van der Waals surface area contributed by atoms with Crippen molar-refractivity contribution in [2.45, 2.75) is 38.9 Å². The van der Waals surface area contributed by atoms with Gasteiger partial charge in [0.2, 0.25) is 0 Å². The van der Waals surface area contributed by atoms with Crippen molar-refractivity contribution < 1.29 is 14.3 Å². The normalized spacial score (nSPS) is 18.2. The third-order valence-electron chi connectivity index (χ3n) is 3.08. The van der Waals surface area contributed by atoms with Crippen LogP contribution in [0, 0.1) is 11.3 Å². The highest BCUT2D eigenvalue weighted by Gasteiger charge is 2.30. The molecule has 21 heavy (non-hydrogen) atoms. The maximum atomic E-state index is 12.0. The predicted molar refractivity (Wildman–Crippen MR) is 78.0 cm³/mol. The summed E-state index contributed by atoms with van der Waals surface area (Å²) in [5, 5.41) is 8.75. The van der Waals surface area contributed by atoms with Crippen molar-refractivity contribution in [1.29, 1.82) is 5.26 Å². The van der Waals surface area contributed by atoms with Gasteiger partial charge < -0.3 is 14.4 Å². The van der Waals surface area contributed by atoms with Gasteiger partial charge in [0.1, 0.15) is 17.5 Å². The van der Waals surface area contributed by atoms with Crippen LogP contribution in [0.15, 0.2) is 24.3 Å². The summed E-state index contributed by atoms with van der Waals surface area (Å²) in [6, 6.07) is 9.05. The second kappa shape index (κ2) is 6.04. The van der Waals surface area contributed by atoms with Gasteiger partial charge in [-0.05, 0) is 45.0 Å². The van der Waals surface area contributed by atoms with E-state index in [1.807, 2.05) is 20.8 Å². The van der Waals surface area contributed by atoms with Gasteiger partial charge in [0.05, 0.1) is 18.2 Å². The standard InChI is InChI=1S/C16H20N2O3/c1-16(2,3)21-15(19)18-9-8-14(11-18)20-13-6-4-12(10-17)5-7-13/h4-7,14H,8-9,11H2,1-3H3. The van der Waals surface area contributed by atoms with E-state index in [1.54, 1.807) is 29.2 Å². The zero-order valence-corrected chi connectivity index (χ0v) is 12.6. The minimum absolute atomic E-state index is 0.0366. The fraction of sp³-hybridized carbons (Fsp3) is 0.500. The molecule has 1 fully saturated rings. The molecule has 1 aromatic rings. The first-order valence-corrected chi connectivity index (χ1v) is 7.02. The SMILES string of the molecule is CC(C)(C)OC(=O)N1CCC(Oc2ccc(C#N)cc2)C1. The maximum Gasteiger partial charge on any atom is 0.410 e. The van der Waals surface area contributed by atoms with Crippen molar-refractivity contribution in [2.24, 2.45) is 0 Å². The Morgan fingerprint density at radius 1 is 1.33 bits per heavy atom. The first-order chi connectivity index (χ1) is 9.87. The topological polar surface area (TPSA) is 62.6 Å². The minimum atomic E-state index is -0.483. The van der Waals surface area contributed by atoms with Crippen molar-refractivity contribution in [3.63, 3.8) is 0 Å². The van der Waals surface area contributed by atoms with Crippen LogP contribution in [-0.2, 0) is 4.74 Å². The average molecular weight is 288 g/mol. The predicted octanol–water partition coefficient (Wildman–Crippen LogP) is 2.95. The molecule has 0 aromatic heterocycles. The smallest absolute Gasteiger partial charge is 0.410 e. The highest BCUT2D eigenvalue weighted by atomic mass is 16.6. The minimum Gasteiger partial charge on any atom is -0.489 e. The monoisotopic (exact) mass is 288 g/mol. The molecule has 0 saturated carbocycles. The van der Waals surface area contributed by atoms with Gasteiger partial charge in [0, 0.05) is 13.0 Å². The van der Waals surface area contributed by atoms with E-state index in [4.69, 9.17) is 14.7 Å². The molecule has 0 radical (unpaired) electrons. The molecular weight excluding hydrogens is 268 g/mol. The molecule has 0 spiro atoms. The molecule has 112 valence electrons. The molecule has 0 N–H and O–H groups in total. The Morgan fingerprint density at radius 2 is 2.00 bits per heavy atom. The van der Waals surface area contributed by atoms with E-state index in [0.29, 0.717) is 24.4 Å². The fourth-order valence-electron chi connectivity index (χ4n) is 2.12. The van der Waals surface area contributed by atoms with E-state index in [1.165, 1.54) is 0 Å². The first-order valence-electron chi connectivity index (χ1n) is 7.02. The van der Waals surface area contributed by atoms with E-state index in [2.05, 4.69) is 6.07 Å². The van der Waals surface area contributed by atoms with Crippen molar-refractivity contribution in [3.8, 4) is 11.8 Å². The van der Waals surface area contributed by atoms with E-state index >= 15 is 0 Å². The van der Waals surface area contributed by atoms with Crippen LogP contribution in [0.4, 0.5) is 4.79 Å². The van der Waals surface area contributed by atoms with Crippen molar-refractivity contribution in [1.82, 2.24) is 4.90 Å². The molecule has 0 aliphatic carbocycles. The number of carbonyl (C=O) groups is 1. The number of rotatable bonds is 2. The van der Waals surface area contributed by atoms with Gasteiger partial charge in [-0.15, -0.1) is 0 Å². The van der Waals surface area contributed by atoms with Crippen LogP contribution in [0.1, 0.15) is 32.8 Å². The van der Waals surface area contributed by atoms with E-state index < -0.39 is 5.60 Å². The number of ether oxygens (including phenoxy) is 2. The van der Waals surface area contributed by atoms with Gasteiger partial charge in [-0.25, -0.2) is 4.79 Å². The summed E-state index contributed by atoms with van der Waals surface area (Å²) in [5.74, 6) is 0.713. The molecular formula is C16H20N2O3. The van der Waals surface area contributed by atoms with Gasteiger partial charge in [0.15, 0.2) is 0 Å². The molecule has 2 rings (SSSR count). The molecule has 5 heteroatoms. The molecule has 1 amide bonds. The average Bonchev–Trinajstić information content (AvgIpc) is 2.86. The van der Waals surface area contributed by atoms with Gasteiger partial charge in [-0.1, -0.05) is 0 Å². The number of hydrogen-bond acceptors (Lipinski definition) is 4. The summed E-state index contributed by atoms with van der Waals surface area (Å²) >= 11 is 0. The van der Waals surface area contributed by atoms with Gasteiger partial charge in [-0.3, -0.25) is 0 Å². The Hall–Kier alpha value is -2.22. The van der Waals surface area contributed by atoms with E-state index in [-0.39, 0.29) is 12.2 Å². The molecule has 1 heterocycles. The van der Waals surface area contributed by atoms with Crippen molar-refractivity contribution in [3.05, 3.63) is 29.8 Å². The summed E-state index contributed by atoms with van der Waals surface area (Å²) < 4.78 is 11.2. The van der Waals surface area contributed by atoms with Crippen molar-refractivity contribution in [2.75, 3.05) is 13.1 Å². The molecule has 1 aliphatic heterocycles. The number of carbonyl (C=O) groups excluding carboxylic acids is 1. The molecule has 1 saturated heterocycles. The van der Waals surface area contributed by atoms with Crippen LogP contribution in [0.2, 0.25) is 0 Å². The number of benzene rings is 1. The summed E-state index contributed by atoms with van der Waals surface area (Å²) in [6.07, 6.45) is 0.443. The van der Waals surface area contributed by atoms with Gasteiger partial charge in [0.25, 0.3) is 0 Å². The Kier molecular flexibility index (Phi) is 4.37. The third kappa shape index (κ3) is 4.38. The highest BCUT2D eigenvalue weighted by Crippen LogP contribution is 2.20. The summed E-state index contributed by atoms with van der Waals surface area (Å²) in [4.78, 5) is 13.6. The summed E-state index contributed by atoms with van der Waals surface area (Å²) in [6.45, 7) is 6.72. The second-order valence-electron chi connectivity index (χ2n) is 6.09. The molecule has 1 atom stereocenters. The Labute approximate surface area is 125 Å². The zero-order valence-electron chi connectivity index (χ0n) is 12.6. The lowest BCUT2D eigenvalue weighted by atomic mass is 10.2. The number of hydrogen-bond donors (Lipinski definition) is 0. The number of nitrogens with zero attached hydrogens (tertiary/aromatic N) is 2. The highest BCUT2D eigenvalue weighted by molar-refractivity contribution is 5.68. The molecule has 1 aliphatic rings. The van der Waals surface area contributed by atoms with Crippen molar-refractivity contribution >= 4 is 6.09 Å². The van der Waals surface area contributed by atoms with Crippen LogP contribution < -0.4 is 4.74 Å². The molecule has 1 aromatic carbocycles. The Morgan fingerprint density at radius 3 is 2.57 bits per heavy atom. The molecule has 5 nitrogen and oxygen atoms in total. The lowest BCUT2D eigenvalue weighted by Gasteiger charge is -2.24. The Balaban J connectivity index is 1.87. The van der Waals surface area contributed by atoms with Gasteiger partial charge in [-0.2, -0.15) is 5.26 Å². The first kappa shape index (κ1) is 15.2. The zero-order chi connectivity index (χ0) is 15.5. The Bertz CT molecular complexity index is 540. The van der Waals surface area contributed by atoms with E-state index in [9.17, 15) is 4.79 Å². The third-order valence-corrected chi connectivity index (χ3v) is 3.08. The fourth-order valence-corrected chi connectivity index (χ4v) is 2.12. The van der Waals surface area contributed by atoms with Crippen LogP contribution in [-0.4, -0.2) is 35.8 Å². The maximum absolute atomic E-state index is 12.0. The summed E-state index contributed by atoms with van der Waals surface area (Å²) in [5.41, 5.74) is 0.118. The number of amides is 1. The quantitative estimate of drug-likeness (QED) is 0.839. The van der Waals surface area contributed by atoms with E-state index in [0.717, 1.165) is 6.42 Å². The van der Waals surface area contributed by atoms with Crippen LogP contribution >= 0.6 is 0 Å².